The average molecular weight is 343 g/mol. The van der Waals surface area contributed by atoms with Crippen LogP contribution >= 0.6 is 22.9 Å². The number of nitrogens with zero attached hydrogens (tertiary/aromatic N) is 1. The topological polar surface area (TPSA) is 24.9 Å². The second kappa shape index (κ2) is 7.73. The highest BCUT2D eigenvalue weighted by Crippen LogP contribution is 2.26. The second-order valence-corrected chi connectivity index (χ2v) is 7.09. The highest BCUT2D eigenvalue weighted by molar-refractivity contribution is 7.15. The van der Waals surface area contributed by atoms with Gasteiger partial charge in [0.1, 0.15) is 5.01 Å². The van der Waals surface area contributed by atoms with Gasteiger partial charge < -0.3 is 5.32 Å². The third-order valence-corrected chi connectivity index (χ3v) is 4.93. The molecule has 4 heteroatoms. The lowest BCUT2D eigenvalue weighted by molar-refractivity contribution is 0.684. The Kier molecular flexibility index (Phi) is 5.44. The van der Waals surface area contributed by atoms with Gasteiger partial charge in [-0.25, -0.2) is 4.98 Å². The van der Waals surface area contributed by atoms with Gasteiger partial charge in [-0.1, -0.05) is 53.6 Å². The summed E-state index contributed by atoms with van der Waals surface area (Å²) >= 11 is 7.74. The first-order chi connectivity index (χ1) is 11.2. The third kappa shape index (κ3) is 4.64. The third-order valence-electron chi connectivity index (χ3n) is 3.65. The van der Waals surface area contributed by atoms with Crippen LogP contribution in [-0.2, 0) is 13.0 Å². The summed E-state index contributed by atoms with van der Waals surface area (Å²) in [6.07, 6.45) is 2.93. The largest absolute Gasteiger partial charge is 0.310 e. The molecule has 118 valence electrons. The summed E-state index contributed by atoms with van der Waals surface area (Å²) in [7, 11) is 0. The Morgan fingerprint density at radius 3 is 2.74 bits per heavy atom. The molecule has 0 aliphatic carbocycles. The number of rotatable bonds is 6. The molecule has 0 aliphatic rings. The van der Waals surface area contributed by atoms with Crippen molar-refractivity contribution >= 4 is 22.9 Å². The van der Waals surface area contributed by atoms with E-state index in [2.05, 4.69) is 47.6 Å². The molecule has 0 fully saturated rings. The SMILES string of the molecule is Cc1ccc(-c2cnc(CNCCc3cccc(Cl)c3)s2)cc1. The molecular weight excluding hydrogens is 324 g/mol. The van der Waals surface area contributed by atoms with Gasteiger partial charge in [-0.2, -0.15) is 0 Å². The molecule has 0 bridgehead atoms. The Labute approximate surface area is 146 Å². The predicted molar refractivity (Wildman–Crippen MR) is 99.1 cm³/mol. The number of hydrogen-bond acceptors (Lipinski definition) is 3. The van der Waals surface area contributed by atoms with Crippen LogP contribution in [-0.4, -0.2) is 11.5 Å². The van der Waals surface area contributed by atoms with Gasteiger partial charge in [0.05, 0.1) is 4.88 Å². The number of halogens is 1. The molecule has 1 heterocycles. The number of aryl methyl sites for hydroxylation is 1. The van der Waals surface area contributed by atoms with E-state index in [-0.39, 0.29) is 0 Å². The van der Waals surface area contributed by atoms with E-state index in [1.807, 2.05) is 24.4 Å². The quantitative estimate of drug-likeness (QED) is 0.630. The van der Waals surface area contributed by atoms with Crippen molar-refractivity contribution in [2.75, 3.05) is 6.54 Å². The van der Waals surface area contributed by atoms with Crippen molar-refractivity contribution in [1.29, 1.82) is 0 Å². The molecule has 0 saturated heterocycles. The molecule has 3 aromatic rings. The van der Waals surface area contributed by atoms with Crippen LogP contribution in [0.2, 0.25) is 5.02 Å². The molecule has 2 nitrogen and oxygen atoms in total. The lowest BCUT2D eigenvalue weighted by Gasteiger charge is -2.03. The molecule has 0 atom stereocenters. The first kappa shape index (κ1) is 16.2. The van der Waals surface area contributed by atoms with Crippen LogP contribution in [0.1, 0.15) is 16.1 Å². The van der Waals surface area contributed by atoms with Crippen LogP contribution in [0.5, 0.6) is 0 Å². The van der Waals surface area contributed by atoms with E-state index in [1.165, 1.54) is 21.6 Å². The zero-order chi connectivity index (χ0) is 16.1. The maximum Gasteiger partial charge on any atom is 0.107 e. The van der Waals surface area contributed by atoms with Crippen molar-refractivity contribution in [3.05, 3.63) is 75.9 Å². The van der Waals surface area contributed by atoms with Crippen LogP contribution < -0.4 is 5.32 Å². The van der Waals surface area contributed by atoms with Crippen LogP contribution in [0.15, 0.2) is 54.7 Å². The summed E-state index contributed by atoms with van der Waals surface area (Å²) in [5.74, 6) is 0. The Bertz CT molecular complexity index is 765. The van der Waals surface area contributed by atoms with Crippen molar-refractivity contribution in [2.45, 2.75) is 19.9 Å². The zero-order valence-electron chi connectivity index (χ0n) is 13.1. The van der Waals surface area contributed by atoms with Crippen molar-refractivity contribution in [3.63, 3.8) is 0 Å². The molecule has 0 saturated carbocycles. The fraction of sp³-hybridized carbons (Fsp3) is 0.211. The average Bonchev–Trinajstić information content (AvgIpc) is 3.01. The lowest BCUT2D eigenvalue weighted by atomic mass is 10.1. The summed E-state index contributed by atoms with van der Waals surface area (Å²) < 4.78 is 0. The molecule has 0 amide bonds. The molecular formula is C19H19ClN2S. The van der Waals surface area contributed by atoms with E-state index in [0.717, 1.165) is 29.5 Å². The van der Waals surface area contributed by atoms with Gasteiger partial charge in [0.2, 0.25) is 0 Å². The van der Waals surface area contributed by atoms with Crippen LogP contribution in [0.4, 0.5) is 0 Å². The minimum atomic E-state index is 0.796. The van der Waals surface area contributed by atoms with E-state index < -0.39 is 0 Å². The summed E-state index contributed by atoms with van der Waals surface area (Å²) in [5.41, 5.74) is 3.77. The zero-order valence-corrected chi connectivity index (χ0v) is 14.6. The highest BCUT2D eigenvalue weighted by atomic mass is 35.5. The maximum atomic E-state index is 6.00. The minimum Gasteiger partial charge on any atom is -0.310 e. The molecule has 0 unspecified atom stereocenters. The van der Waals surface area contributed by atoms with E-state index in [4.69, 9.17) is 11.6 Å². The van der Waals surface area contributed by atoms with Gasteiger partial charge in [-0.05, 0) is 43.1 Å². The molecule has 0 spiro atoms. The van der Waals surface area contributed by atoms with Gasteiger partial charge in [0.25, 0.3) is 0 Å². The molecule has 1 N–H and O–H groups in total. The van der Waals surface area contributed by atoms with Gasteiger partial charge in [0.15, 0.2) is 0 Å². The fourth-order valence-corrected chi connectivity index (χ4v) is 3.47. The Balaban J connectivity index is 1.50. The monoisotopic (exact) mass is 342 g/mol. The molecule has 3 rings (SSSR count). The number of nitrogens with one attached hydrogen (secondary N) is 1. The summed E-state index contributed by atoms with van der Waals surface area (Å²) in [4.78, 5) is 5.73. The second-order valence-electron chi connectivity index (χ2n) is 5.54. The molecule has 1 aromatic heterocycles. The number of aromatic nitrogens is 1. The van der Waals surface area contributed by atoms with E-state index in [0.29, 0.717) is 0 Å². The number of thiazole rings is 1. The molecule has 2 aromatic carbocycles. The smallest absolute Gasteiger partial charge is 0.107 e. The number of benzene rings is 2. The van der Waals surface area contributed by atoms with Crippen molar-refractivity contribution in [1.82, 2.24) is 10.3 Å². The van der Waals surface area contributed by atoms with E-state index in [9.17, 15) is 0 Å². The van der Waals surface area contributed by atoms with Crippen molar-refractivity contribution in [2.24, 2.45) is 0 Å². The first-order valence-corrected chi connectivity index (χ1v) is 8.87. The van der Waals surface area contributed by atoms with E-state index >= 15 is 0 Å². The molecule has 23 heavy (non-hydrogen) atoms. The lowest BCUT2D eigenvalue weighted by Crippen LogP contribution is -2.16. The van der Waals surface area contributed by atoms with Gasteiger partial charge >= 0.3 is 0 Å². The highest BCUT2D eigenvalue weighted by Gasteiger charge is 2.04. The van der Waals surface area contributed by atoms with Crippen molar-refractivity contribution < 1.29 is 0 Å². The normalized spacial score (nSPS) is 10.9. The Morgan fingerprint density at radius 1 is 1.13 bits per heavy atom. The van der Waals surface area contributed by atoms with Gasteiger partial charge in [-0.3, -0.25) is 0 Å². The van der Waals surface area contributed by atoms with Crippen LogP contribution in [0.3, 0.4) is 0 Å². The number of hydrogen-bond donors (Lipinski definition) is 1. The molecule has 0 aliphatic heterocycles. The summed E-state index contributed by atoms with van der Waals surface area (Å²) in [6.45, 7) is 3.82. The summed E-state index contributed by atoms with van der Waals surface area (Å²) in [5, 5.41) is 5.36. The maximum absolute atomic E-state index is 6.00. The Hall–Kier alpha value is -1.68. The fourth-order valence-electron chi connectivity index (χ4n) is 2.36. The molecule has 0 radical (unpaired) electrons. The summed E-state index contributed by atoms with van der Waals surface area (Å²) in [6, 6.07) is 16.6. The first-order valence-electron chi connectivity index (χ1n) is 7.67. The van der Waals surface area contributed by atoms with Crippen LogP contribution in [0.25, 0.3) is 10.4 Å². The van der Waals surface area contributed by atoms with Crippen molar-refractivity contribution in [3.8, 4) is 10.4 Å². The Morgan fingerprint density at radius 2 is 1.96 bits per heavy atom. The standard InChI is InChI=1S/C19H19ClN2S/c1-14-5-7-16(8-6-14)18-12-22-19(23-18)13-21-10-9-15-3-2-4-17(20)11-15/h2-8,11-12,21H,9-10,13H2,1H3. The van der Waals surface area contributed by atoms with Gasteiger partial charge in [-0.15, -0.1) is 11.3 Å². The van der Waals surface area contributed by atoms with Gasteiger partial charge in [0, 0.05) is 17.8 Å². The minimum absolute atomic E-state index is 0.796. The predicted octanol–water partition coefficient (Wildman–Crippen LogP) is 5.10. The van der Waals surface area contributed by atoms with Crippen LogP contribution in [0, 0.1) is 6.92 Å². The van der Waals surface area contributed by atoms with E-state index in [1.54, 1.807) is 11.3 Å².